The molecule has 1 rings (SSSR count). The molecule has 1 aliphatic carbocycles. The van der Waals surface area contributed by atoms with Crippen LogP contribution >= 0.6 is 11.8 Å². The maximum atomic E-state index is 5.97. The third-order valence-corrected chi connectivity index (χ3v) is 4.12. The van der Waals surface area contributed by atoms with Crippen molar-refractivity contribution in [2.45, 2.75) is 56.7 Å². The lowest BCUT2D eigenvalue weighted by atomic mass is 10.3. The quantitative estimate of drug-likeness (QED) is 0.670. The van der Waals surface area contributed by atoms with Crippen molar-refractivity contribution in [3.63, 3.8) is 0 Å². The van der Waals surface area contributed by atoms with Crippen LogP contribution in [-0.2, 0) is 0 Å². The third kappa shape index (κ3) is 3.36. The average molecular weight is 187 g/mol. The number of thioether (sulfide) groups is 1. The van der Waals surface area contributed by atoms with Crippen molar-refractivity contribution < 1.29 is 0 Å². The number of unbranched alkanes of at least 4 members (excludes halogenated alkanes) is 2. The van der Waals surface area contributed by atoms with Gasteiger partial charge in [-0.15, -0.1) is 0 Å². The van der Waals surface area contributed by atoms with Gasteiger partial charge >= 0.3 is 0 Å². The van der Waals surface area contributed by atoms with Gasteiger partial charge in [-0.3, -0.25) is 0 Å². The van der Waals surface area contributed by atoms with Crippen LogP contribution in [0.1, 0.15) is 45.4 Å². The molecule has 1 aliphatic rings. The Kier molecular flexibility index (Phi) is 5.08. The van der Waals surface area contributed by atoms with E-state index < -0.39 is 0 Å². The molecule has 12 heavy (non-hydrogen) atoms. The minimum Gasteiger partial charge on any atom is -0.327 e. The van der Waals surface area contributed by atoms with Gasteiger partial charge in [-0.05, 0) is 25.0 Å². The van der Waals surface area contributed by atoms with Gasteiger partial charge in [0.05, 0.1) is 0 Å². The maximum absolute atomic E-state index is 5.97. The predicted octanol–water partition coefficient (Wildman–Crippen LogP) is 2.79. The summed E-state index contributed by atoms with van der Waals surface area (Å²) >= 11 is 2.11. The Labute approximate surface area is 80.5 Å². The van der Waals surface area contributed by atoms with Gasteiger partial charge < -0.3 is 5.73 Å². The van der Waals surface area contributed by atoms with Crippen LogP contribution in [-0.4, -0.2) is 17.0 Å². The van der Waals surface area contributed by atoms with E-state index in [0.717, 1.165) is 5.25 Å². The minimum atomic E-state index is 0.497. The van der Waals surface area contributed by atoms with Crippen molar-refractivity contribution in [2.75, 3.05) is 5.75 Å². The molecule has 1 fully saturated rings. The molecule has 2 heteroatoms. The molecule has 1 saturated carbocycles. The Morgan fingerprint density at radius 1 is 1.33 bits per heavy atom. The summed E-state index contributed by atoms with van der Waals surface area (Å²) < 4.78 is 0. The summed E-state index contributed by atoms with van der Waals surface area (Å²) in [5, 5.41) is 0.779. The fourth-order valence-corrected chi connectivity index (χ4v) is 3.14. The molecule has 2 unspecified atom stereocenters. The summed E-state index contributed by atoms with van der Waals surface area (Å²) in [5.41, 5.74) is 5.97. The first kappa shape index (κ1) is 10.4. The van der Waals surface area contributed by atoms with Crippen molar-refractivity contribution in [2.24, 2.45) is 5.73 Å². The molecule has 0 aromatic rings. The van der Waals surface area contributed by atoms with Crippen LogP contribution < -0.4 is 5.73 Å². The molecule has 0 saturated heterocycles. The van der Waals surface area contributed by atoms with E-state index in [1.165, 1.54) is 44.3 Å². The fraction of sp³-hybridized carbons (Fsp3) is 1.00. The molecule has 0 heterocycles. The maximum Gasteiger partial charge on any atom is 0.0199 e. The number of nitrogens with two attached hydrogens (primary N) is 1. The van der Waals surface area contributed by atoms with E-state index >= 15 is 0 Å². The topological polar surface area (TPSA) is 26.0 Å². The van der Waals surface area contributed by atoms with Crippen molar-refractivity contribution in [1.29, 1.82) is 0 Å². The highest BCUT2D eigenvalue weighted by molar-refractivity contribution is 7.99. The molecular weight excluding hydrogens is 166 g/mol. The molecule has 0 amide bonds. The molecule has 1 nitrogen and oxygen atoms in total. The van der Waals surface area contributed by atoms with Gasteiger partial charge in [-0.25, -0.2) is 0 Å². The molecule has 0 radical (unpaired) electrons. The zero-order valence-corrected chi connectivity index (χ0v) is 8.91. The molecule has 0 aromatic carbocycles. The van der Waals surface area contributed by atoms with Crippen LogP contribution in [0.15, 0.2) is 0 Å². The summed E-state index contributed by atoms with van der Waals surface area (Å²) in [6, 6.07) is 0.497. The third-order valence-electron chi connectivity index (χ3n) is 2.58. The normalized spacial score (nSPS) is 29.5. The highest BCUT2D eigenvalue weighted by Gasteiger charge is 2.23. The summed E-state index contributed by atoms with van der Waals surface area (Å²) in [7, 11) is 0. The Balaban J connectivity index is 1.98. The zero-order valence-electron chi connectivity index (χ0n) is 8.09. The van der Waals surface area contributed by atoms with Crippen LogP contribution in [0.25, 0.3) is 0 Å². The van der Waals surface area contributed by atoms with E-state index in [4.69, 9.17) is 5.73 Å². The van der Waals surface area contributed by atoms with Crippen molar-refractivity contribution in [3.05, 3.63) is 0 Å². The lowest BCUT2D eigenvalue weighted by Crippen LogP contribution is -2.26. The Morgan fingerprint density at radius 3 is 2.75 bits per heavy atom. The molecule has 0 aliphatic heterocycles. The highest BCUT2D eigenvalue weighted by Crippen LogP contribution is 2.29. The van der Waals surface area contributed by atoms with Crippen molar-refractivity contribution in [3.8, 4) is 0 Å². The molecule has 0 bridgehead atoms. The first-order valence-electron chi connectivity index (χ1n) is 5.21. The molecule has 72 valence electrons. The zero-order chi connectivity index (χ0) is 8.81. The number of hydrogen-bond acceptors (Lipinski definition) is 2. The van der Waals surface area contributed by atoms with E-state index in [1.54, 1.807) is 0 Å². The Hall–Kier alpha value is 0.310. The van der Waals surface area contributed by atoms with Gasteiger partial charge in [0.1, 0.15) is 0 Å². The molecule has 0 aromatic heterocycles. The van der Waals surface area contributed by atoms with Gasteiger partial charge in [-0.1, -0.05) is 26.2 Å². The fourth-order valence-electron chi connectivity index (χ4n) is 1.75. The van der Waals surface area contributed by atoms with Gasteiger partial charge in [0.25, 0.3) is 0 Å². The summed E-state index contributed by atoms with van der Waals surface area (Å²) in [6.45, 7) is 2.26. The molecule has 0 spiro atoms. The highest BCUT2D eigenvalue weighted by atomic mass is 32.2. The van der Waals surface area contributed by atoms with Gasteiger partial charge in [0.15, 0.2) is 0 Å². The number of hydrogen-bond donors (Lipinski definition) is 1. The van der Waals surface area contributed by atoms with E-state index in [1.807, 2.05) is 0 Å². The van der Waals surface area contributed by atoms with Gasteiger partial charge in [0, 0.05) is 11.3 Å². The Bertz CT molecular complexity index is 116. The lowest BCUT2D eigenvalue weighted by molar-refractivity contribution is 0.713. The van der Waals surface area contributed by atoms with Gasteiger partial charge in [0.2, 0.25) is 0 Å². The molecule has 2 N–H and O–H groups in total. The van der Waals surface area contributed by atoms with Crippen LogP contribution in [0.2, 0.25) is 0 Å². The largest absolute Gasteiger partial charge is 0.327 e. The van der Waals surface area contributed by atoms with Crippen LogP contribution in [0, 0.1) is 0 Å². The van der Waals surface area contributed by atoms with E-state index in [2.05, 4.69) is 18.7 Å². The SMILES string of the molecule is CCCCCSC1CCCC1N. The van der Waals surface area contributed by atoms with Crippen molar-refractivity contribution in [1.82, 2.24) is 0 Å². The second-order valence-corrected chi connectivity index (χ2v) is 5.06. The van der Waals surface area contributed by atoms with E-state index in [0.29, 0.717) is 6.04 Å². The van der Waals surface area contributed by atoms with Gasteiger partial charge in [-0.2, -0.15) is 11.8 Å². The van der Waals surface area contributed by atoms with E-state index in [9.17, 15) is 0 Å². The summed E-state index contributed by atoms with van der Waals surface area (Å²) in [4.78, 5) is 0. The number of rotatable bonds is 5. The summed E-state index contributed by atoms with van der Waals surface area (Å²) in [6.07, 6.45) is 8.06. The predicted molar refractivity (Wildman–Crippen MR) is 57.6 cm³/mol. The monoisotopic (exact) mass is 187 g/mol. The first-order valence-corrected chi connectivity index (χ1v) is 6.26. The summed E-state index contributed by atoms with van der Waals surface area (Å²) in [5.74, 6) is 1.33. The van der Waals surface area contributed by atoms with Crippen molar-refractivity contribution >= 4 is 11.8 Å². The Morgan fingerprint density at radius 2 is 2.17 bits per heavy atom. The minimum absolute atomic E-state index is 0.497. The van der Waals surface area contributed by atoms with Crippen LogP contribution in [0.5, 0.6) is 0 Å². The average Bonchev–Trinajstić information content (AvgIpc) is 2.46. The molecule has 2 atom stereocenters. The standard InChI is InChI=1S/C10H21NS/c1-2-3-4-8-12-10-7-5-6-9(10)11/h9-10H,2-8,11H2,1H3. The second-order valence-electron chi connectivity index (χ2n) is 3.71. The second kappa shape index (κ2) is 5.87. The molecular formula is C10H21NS. The smallest absolute Gasteiger partial charge is 0.0199 e. The van der Waals surface area contributed by atoms with E-state index in [-0.39, 0.29) is 0 Å². The lowest BCUT2D eigenvalue weighted by Gasteiger charge is -2.13. The van der Waals surface area contributed by atoms with Crippen LogP contribution in [0.4, 0.5) is 0 Å². The van der Waals surface area contributed by atoms with Crippen LogP contribution in [0.3, 0.4) is 0 Å². The first-order chi connectivity index (χ1) is 5.84.